The summed E-state index contributed by atoms with van der Waals surface area (Å²) in [6, 6.07) is 6.14. The molecule has 0 fully saturated rings. The molecule has 0 aliphatic rings. The normalized spacial score (nSPS) is 13.8. The van der Waals surface area contributed by atoms with Crippen LogP contribution in [0.5, 0.6) is 0 Å². The van der Waals surface area contributed by atoms with Crippen molar-refractivity contribution in [1.82, 2.24) is 5.43 Å². The highest BCUT2D eigenvalue weighted by atomic mass is 19.4. The van der Waals surface area contributed by atoms with Crippen LogP contribution in [0.15, 0.2) is 24.3 Å². The van der Waals surface area contributed by atoms with Crippen LogP contribution in [0.1, 0.15) is 30.5 Å². The molecule has 1 aromatic rings. The number of hydrazine groups is 1. The molecule has 16 heavy (non-hydrogen) atoms. The Morgan fingerprint density at radius 3 is 2.56 bits per heavy atom. The summed E-state index contributed by atoms with van der Waals surface area (Å²) in [6.45, 7) is 1.95. The molecule has 90 valence electrons. The Labute approximate surface area is 92.6 Å². The van der Waals surface area contributed by atoms with Crippen LogP contribution in [0.4, 0.5) is 13.2 Å². The molecule has 1 unspecified atom stereocenters. The number of nitrogens with one attached hydrogen (secondary N) is 1. The fourth-order valence-corrected chi connectivity index (χ4v) is 1.53. The summed E-state index contributed by atoms with van der Waals surface area (Å²) in [6.07, 6.45) is -4.40. The maximum absolute atomic E-state index is 12.3. The Balaban J connectivity index is 2.86. The van der Waals surface area contributed by atoms with Crippen molar-refractivity contribution < 1.29 is 13.2 Å². The second-order valence-corrected chi connectivity index (χ2v) is 3.64. The highest BCUT2D eigenvalue weighted by Crippen LogP contribution is 2.29. The lowest BCUT2D eigenvalue weighted by Gasteiger charge is -2.18. The third-order valence-corrected chi connectivity index (χ3v) is 2.40. The molecule has 0 saturated heterocycles. The third-order valence-electron chi connectivity index (χ3n) is 2.40. The first kappa shape index (κ1) is 13.0. The molecule has 0 saturated carbocycles. The Morgan fingerprint density at radius 1 is 1.38 bits per heavy atom. The summed E-state index contributed by atoms with van der Waals surface area (Å²) in [7, 11) is 0. The van der Waals surface area contributed by atoms with Gasteiger partial charge in [-0.15, -0.1) is 0 Å². The molecule has 0 spiro atoms. The fourth-order valence-electron chi connectivity index (χ4n) is 1.53. The van der Waals surface area contributed by atoms with Gasteiger partial charge in [-0.2, -0.15) is 13.2 Å². The van der Waals surface area contributed by atoms with Crippen LogP contribution in [-0.2, 0) is 6.42 Å². The quantitative estimate of drug-likeness (QED) is 0.618. The maximum atomic E-state index is 12.3. The van der Waals surface area contributed by atoms with Crippen LogP contribution >= 0.6 is 0 Å². The highest BCUT2D eigenvalue weighted by molar-refractivity contribution is 5.26. The average molecular weight is 232 g/mol. The Morgan fingerprint density at radius 2 is 2.06 bits per heavy atom. The first-order chi connectivity index (χ1) is 7.46. The van der Waals surface area contributed by atoms with Crippen molar-refractivity contribution >= 4 is 0 Å². The number of benzene rings is 1. The molecule has 0 aromatic heterocycles. The van der Waals surface area contributed by atoms with Gasteiger partial charge in [0.2, 0.25) is 0 Å². The zero-order chi connectivity index (χ0) is 12.2. The second-order valence-electron chi connectivity index (χ2n) is 3.64. The standard InChI is InChI=1S/C11H15F3N2/c1-2-8-4-3-5-9(6-8)10(16-15)7-11(12,13)14/h3-6,10,16H,2,7,15H2,1H3. The van der Waals surface area contributed by atoms with Gasteiger partial charge in [-0.3, -0.25) is 11.3 Å². The molecule has 1 atom stereocenters. The first-order valence-corrected chi connectivity index (χ1v) is 5.08. The highest BCUT2D eigenvalue weighted by Gasteiger charge is 2.32. The molecule has 0 heterocycles. The third kappa shape index (κ3) is 3.83. The maximum Gasteiger partial charge on any atom is 0.390 e. The van der Waals surface area contributed by atoms with E-state index in [2.05, 4.69) is 5.43 Å². The number of hydrogen-bond donors (Lipinski definition) is 2. The van der Waals surface area contributed by atoms with Gasteiger partial charge in [-0.1, -0.05) is 31.2 Å². The van der Waals surface area contributed by atoms with E-state index in [4.69, 9.17) is 5.84 Å². The second kappa shape index (κ2) is 5.32. The molecule has 3 N–H and O–H groups in total. The molecule has 0 aliphatic heterocycles. The lowest BCUT2D eigenvalue weighted by molar-refractivity contribution is -0.140. The van der Waals surface area contributed by atoms with Gasteiger partial charge >= 0.3 is 6.18 Å². The van der Waals surface area contributed by atoms with Gasteiger partial charge in [-0.25, -0.2) is 0 Å². The zero-order valence-corrected chi connectivity index (χ0v) is 9.01. The van der Waals surface area contributed by atoms with Gasteiger partial charge in [0.05, 0.1) is 12.5 Å². The van der Waals surface area contributed by atoms with Crippen molar-refractivity contribution in [2.75, 3.05) is 0 Å². The lowest BCUT2D eigenvalue weighted by Crippen LogP contribution is -2.31. The summed E-state index contributed by atoms with van der Waals surface area (Å²) >= 11 is 0. The number of rotatable bonds is 4. The topological polar surface area (TPSA) is 38.0 Å². The van der Waals surface area contributed by atoms with Gasteiger partial charge in [0.15, 0.2) is 0 Å². The lowest BCUT2D eigenvalue weighted by atomic mass is 10.0. The Bertz CT molecular complexity index is 336. The predicted octanol–water partition coefficient (Wildman–Crippen LogP) is 2.71. The number of halogens is 3. The van der Waals surface area contributed by atoms with Gasteiger partial charge < -0.3 is 0 Å². The predicted molar refractivity (Wildman–Crippen MR) is 56.6 cm³/mol. The van der Waals surface area contributed by atoms with Crippen LogP contribution < -0.4 is 11.3 Å². The van der Waals surface area contributed by atoms with Crippen molar-refractivity contribution in [3.8, 4) is 0 Å². The summed E-state index contributed by atoms with van der Waals surface area (Å²) in [5.41, 5.74) is 3.77. The SMILES string of the molecule is CCc1cccc(C(CC(F)(F)F)NN)c1. The molecule has 0 aliphatic carbocycles. The number of alkyl halides is 3. The molecule has 0 amide bonds. The van der Waals surface area contributed by atoms with Crippen molar-refractivity contribution in [3.63, 3.8) is 0 Å². The minimum absolute atomic E-state index is 0.569. The van der Waals surface area contributed by atoms with E-state index >= 15 is 0 Å². The first-order valence-electron chi connectivity index (χ1n) is 5.08. The van der Waals surface area contributed by atoms with E-state index in [1.165, 1.54) is 0 Å². The van der Waals surface area contributed by atoms with Crippen LogP contribution in [0.2, 0.25) is 0 Å². The smallest absolute Gasteiger partial charge is 0.271 e. The van der Waals surface area contributed by atoms with Crippen molar-refractivity contribution in [1.29, 1.82) is 0 Å². The molecule has 5 heteroatoms. The van der Waals surface area contributed by atoms with Crippen LogP contribution in [0.3, 0.4) is 0 Å². The van der Waals surface area contributed by atoms with Crippen molar-refractivity contribution in [2.24, 2.45) is 5.84 Å². The molecule has 2 nitrogen and oxygen atoms in total. The van der Waals surface area contributed by atoms with Gasteiger partial charge in [-0.05, 0) is 17.5 Å². The molecule has 0 bridgehead atoms. The minimum Gasteiger partial charge on any atom is -0.271 e. The van der Waals surface area contributed by atoms with Crippen LogP contribution in [-0.4, -0.2) is 6.18 Å². The van der Waals surface area contributed by atoms with Gasteiger partial charge in [0.25, 0.3) is 0 Å². The van der Waals surface area contributed by atoms with E-state index in [-0.39, 0.29) is 0 Å². The minimum atomic E-state index is -4.22. The van der Waals surface area contributed by atoms with Crippen molar-refractivity contribution in [2.45, 2.75) is 32.0 Å². The van der Waals surface area contributed by atoms with E-state index < -0.39 is 18.6 Å². The van der Waals surface area contributed by atoms with E-state index in [0.29, 0.717) is 5.56 Å². The van der Waals surface area contributed by atoms with E-state index in [1.54, 1.807) is 18.2 Å². The monoisotopic (exact) mass is 232 g/mol. The fraction of sp³-hybridized carbons (Fsp3) is 0.455. The average Bonchev–Trinajstić information content (AvgIpc) is 2.25. The summed E-state index contributed by atoms with van der Waals surface area (Å²) in [5, 5.41) is 0. The van der Waals surface area contributed by atoms with E-state index in [1.807, 2.05) is 13.0 Å². The molecule has 0 radical (unpaired) electrons. The summed E-state index contributed by atoms with van der Waals surface area (Å²) in [4.78, 5) is 0. The largest absolute Gasteiger partial charge is 0.390 e. The molecular formula is C11H15F3N2. The van der Waals surface area contributed by atoms with Gasteiger partial charge in [0, 0.05) is 0 Å². The van der Waals surface area contributed by atoms with Crippen molar-refractivity contribution in [3.05, 3.63) is 35.4 Å². The number of nitrogens with two attached hydrogens (primary N) is 1. The van der Waals surface area contributed by atoms with Gasteiger partial charge in [0.1, 0.15) is 0 Å². The van der Waals surface area contributed by atoms with E-state index in [0.717, 1.165) is 12.0 Å². The molecular weight excluding hydrogens is 217 g/mol. The van der Waals surface area contributed by atoms with Crippen LogP contribution in [0.25, 0.3) is 0 Å². The number of aryl methyl sites for hydroxylation is 1. The number of hydrogen-bond acceptors (Lipinski definition) is 2. The molecule has 1 aromatic carbocycles. The Kier molecular flexibility index (Phi) is 4.32. The summed E-state index contributed by atoms with van der Waals surface area (Å²) < 4.78 is 36.8. The Hall–Kier alpha value is -1.07. The van der Waals surface area contributed by atoms with Crippen LogP contribution in [0, 0.1) is 0 Å². The van der Waals surface area contributed by atoms with E-state index in [9.17, 15) is 13.2 Å². The molecule has 1 rings (SSSR count). The zero-order valence-electron chi connectivity index (χ0n) is 9.01. The summed E-state index contributed by atoms with van der Waals surface area (Å²) in [5.74, 6) is 5.15.